The molecule has 0 atom stereocenters. The Bertz CT molecular complexity index is 2980. The summed E-state index contributed by atoms with van der Waals surface area (Å²) in [4.78, 5) is 10.6. The van der Waals surface area contributed by atoms with Crippen LogP contribution in [0.4, 0.5) is 28.4 Å². The number of allylic oxidation sites excluding steroid dienone is 3. The quantitative estimate of drug-likeness (QED) is 0.164. The lowest BCUT2D eigenvalue weighted by Crippen LogP contribution is -2.62. The van der Waals surface area contributed by atoms with Crippen LogP contribution in [0.5, 0.6) is 0 Å². The molecule has 0 amide bonds. The molecule has 3 nitrogen and oxygen atoms in total. The smallest absolute Gasteiger partial charge is 0.252 e. The fourth-order valence-corrected chi connectivity index (χ4v) is 12.1. The zero-order valence-corrected chi connectivity index (χ0v) is 30.8. The summed E-state index contributed by atoms with van der Waals surface area (Å²) >= 11 is 3.85. The summed E-state index contributed by atoms with van der Waals surface area (Å²) in [5.41, 5.74) is 18.3. The Morgan fingerprint density at radius 2 is 1.15 bits per heavy atom. The average Bonchev–Trinajstić information content (AvgIpc) is 3.57. The minimum absolute atomic E-state index is 0.145. The number of anilines is 5. The fourth-order valence-electron chi connectivity index (χ4n) is 9.81. The lowest BCUT2D eigenvalue weighted by molar-refractivity contribution is 0.905. The van der Waals surface area contributed by atoms with Gasteiger partial charge in [0.15, 0.2) is 0 Å². The minimum Gasteiger partial charge on any atom is -0.313 e. The number of fused-ring (bicyclic) bond motifs is 10. The molecule has 5 aliphatic rings. The number of thioether (sulfide) groups is 1. The number of benzene rings is 7. The monoisotopic (exact) mass is 723 g/mol. The van der Waals surface area contributed by atoms with Gasteiger partial charge in [-0.1, -0.05) is 121 Å². The molecule has 6 heteroatoms. The zero-order chi connectivity index (χ0) is 35.1. The first-order valence-electron chi connectivity index (χ1n) is 18.8. The number of aromatic nitrogens is 1. The molecule has 4 aliphatic heterocycles. The molecule has 0 saturated heterocycles. The topological polar surface area (TPSA) is 11.4 Å². The zero-order valence-electron chi connectivity index (χ0n) is 29.2. The van der Waals surface area contributed by atoms with Gasteiger partial charge in [-0.2, -0.15) is 0 Å². The Labute approximate surface area is 322 Å². The number of hydrogen-bond acceptors (Lipinski definition) is 4. The van der Waals surface area contributed by atoms with Gasteiger partial charge in [0.05, 0.1) is 28.1 Å². The van der Waals surface area contributed by atoms with Crippen molar-refractivity contribution in [2.75, 3.05) is 9.80 Å². The minimum atomic E-state index is 0.145. The molecular formula is C48H30BN3S2. The summed E-state index contributed by atoms with van der Waals surface area (Å²) in [5, 5.41) is 2.57. The molecule has 0 spiro atoms. The molecule has 0 radical (unpaired) electrons. The lowest BCUT2D eigenvalue weighted by atomic mass is 9.33. The third-order valence-corrected chi connectivity index (χ3v) is 14.2. The van der Waals surface area contributed by atoms with Gasteiger partial charge in [0.2, 0.25) is 0 Å². The summed E-state index contributed by atoms with van der Waals surface area (Å²) < 4.78 is 2.41. The fraction of sp³-hybridized carbons (Fsp3) is 0.0417. The molecule has 0 fully saturated rings. The van der Waals surface area contributed by atoms with Crippen LogP contribution >= 0.6 is 23.5 Å². The van der Waals surface area contributed by atoms with Crippen LogP contribution in [-0.4, -0.2) is 11.3 Å². The van der Waals surface area contributed by atoms with Gasteiger partial charge in [0.25, 0.3) is 6.71 Å². The van der Waals surface area contributed by atoms with E-state index in [1.165, 1.54) is 109 Å². The van der Waals surface area contributed by atoms with E-state index in [9.17, 15) is 0 Å². The van der Waals surface area contributed by atoms with E-state index in [1.54, 1.807) is 0 Å². The molecule has 1 aliphatic carbocycles. The van der Waals surface area contributed by atoms with E-state index >= 15 is 0 Å². The van der Waals surface area contributed by atoms with Crippen LogP contribution in [-0.2, 0) is 0 Å². The number of rotatable bonds is 2. The van der Waals surface area contributed by atoms with Crippen LogP contribution in [0, 0.1) is 0 Å². The van der Waals surface area contributed by atoms with Crippen molar-refractivity contribution in [3.05, 3.63) is 168 Å². The van der Waals surface area contributed by atoms with Gasteiger partial charge in [-0.15, -0.1) is 0 Å². The van der Waals surface area contributed by atoms with Gasteiger partial charge in [-0.25, -0.2) is 0 Å². The van der Waals surface area contributed by atoms with Crippen molar-refractivity contribution in [2.45, 2.75) is 27.5 Å². The van der Waals surface area contributed by atoms with Gasteiger partial charge in [0.1, 0.15) is 0 Å². The molecule has 252 valence electrons. The summed E-state index contributed by atoms with van der Waals surface area (Å²) in [6, 6.07) is 54.7. The third kappa shape index (κ3) is 3.87. The number of nitrogens with zero attached hydrogens (tertiary/aromatic N) is 3. The van der Waals surface area contributed by atoms with Crippen LogP contribution in [0.15, 0.2) is 183 Å². The van der Waals surface area contributed by atoms with Crippen molar-refractivity contribution in [1.82, 2.24) is 4.57 Å². The van der Waals surface area contributed by atoms with Crippen LogP contribution in [0.3, 0.4) is 0 Å². The van der Waals surface area contributed by atoms with E-state index in [2.05, 4.69) is 172 Å². The molecule has 8 aromatic rings. The lowest BCUT2D eigenvalue weighted by Gasteiger charge is -2.48. The molecule has 0 bridgehead atoms. The molecule has 1 aromatic heterocycles. The third-order valence-electron chi connectivity index (χ3n) is 12.0. The summed E-state index contributed by atoms with van der Waals surface area (Å²) in [6.45, 7) is 0.145. The molecule has 13 rings (SSSR count). The van der Waals surface area contributed by atoms with E-state index in [4.69, 9.17) is 0 Å². The summed E-state index contributed by atoms with van der Waals surface area (Å²) in [6.07, 6.45) is 6.80. The van der Waals surface area contributed by atoms with Crippen LogP contribution < -0.4 is 26.2 Å². The number of hydrogen-bond donors (Lipinski definition) is 0. The molecule has 54 heavy (non-hydrogen) atoms. The number of para-hydroxylation sites is 5. The second-order valence-corrected chi connectivity index (χ2v) is 16.9. The second kappa shape index (κ2) is 10.9. The van der Waals surface area contributed by atoms with Gasteiger partial charge in [-0.05, 0) is 101 Å². The average molecular weight is 724 g/mol. The van der Waals surface area contributed by atoms with E-state index in [-0.39, 0.29) is 6.71 Å². The van der Waals surface area contributed by atoms with Gasteiger partial charge >= 0.3 is 0 Å². The largest absolute Gasteiger partial charge is 0.313 e. The molecule has 0 saturated carbocycles. The highest BCUT2D eigenvalue weighted by Gasteiger charge is 2.47. The van der Waals surface area contributed by atoms with Crippen molar-refractivity contribution < 1.29 is 0 Å². The van der Waals surface area contributed by atoms with E-state index in [1.807, 2.05) is 23.5 Å². The van der Waals surface area contributed by atoms with Crippen molar-refractivity contribution in [2.24, 2.45) is 0 Å². The molecule has 0 N–H and O–H groups in total. The summed E-state index contributed by atoms with van der Waals surface area (Å²) in [5.74, 6) is 0. The van der Waals surface area contributed by atoms with Crippen molar-refractivity contribution in [3.63, 3.8) is 0 Å². The molecule has 5 heterocycles. The van der Waals surface area contributed by atoms with E-state index < -0.39 is 0 Å². The molecular weight excluding hydrogens is 693 g/mol. The SMILES string of the molecule is C1=CC2=C(CC1)N1c3cc(-c4ccc(-n5c6ccccc6c6ccccc65)cc4)cc4c3B(c3cccc(c31)S2)c1cccc2c1N4c1ccccc1S2. The van der Waals surface area contributed by atoms with E-state index in [0.29, 0.717) is 0 Å². The van der Waals surface area contributed by atoms with Crippen LogP contribution in [0.2, 0.25) is 0 Å². The highest BCUT2D eigenvalue weighted by molar-refractivity contribution is 8.03. The van der Waals surface area contributed by atoms with Crippen molar-refractivity contribution in [3.8, 4) is 16.8 Å². The normalized spacial score (nSPS) is 15.6. The first-order valence-corrected chi connectivity index (χ1v) is 20.4. The maximum atomic E-state index is 2.66. The first kappa shape index (κ1) is 29.6. The molecule has 0 unspecified atom stereocenters. The van der Waals surface area contributed by atoms with Gasteiger partial charge < -0.3 is 14.4 Å². The maximum Gasteiger partial charge on any atom is 0.252 e. The maximum absolute atomic E-state index is 2.66. The Morgan fingerprint density at radius 3 is 1.91 bits per heavy atom. The van der Waals surface area contributed by atoms with Crippen molar-refractivity contribution in [1.29, 1.82) is 0 Å². The van der Waals surface area contributed by atoms with Gasteiger partial charge in [0, 0.05) is 53.1 Å². The van der Waals surface area contributed by atoms with Crippen LogP contribution in [0.25, 0.3) is 38.6 Å². The second-order valence-electron chi connectivity index (χ2n) is 14.8. The van der Waals surface area contributed by atoms with Crippen molar-refractivity contribution >= 4 is 96.9 Å². The standard InChI is InChI=1S/C48H30BN3S2/c1-3-15-36-32(11-1)33-12-2-4-16-37(33)50(36)31-25-23-29(24-26-31)30-27-40-46-41(28-30)52-39-18-6-8-20-43(39)54-45-22-10-14-35(48(45)52)49(46)34-13-9-21-44-47(34)51(40)38-17-5-7-19-42(38)53-44/h1-5,7-17,19-28H,6,18H2. The highest BCUT2D eigenvalue weighted by Crippen LogP contribution is 2.56. The Balaban J connectivity index is 1.08. The summed E-state index contributed by atoms with van der Waals surface area (Å²) in [7, 11) is 0. The predicted octanol–water partition coefficient (Wildman–Crippen LogP) is 11.3. The first-order chi connectivity index (χ1) is 26.8. The Morgan fingerprint density at radius 1 is 0.519 bits per heavy atom. The molecule has 7 aromatic carbocycles. The Hall–Kier alpha value is -5.82. The Kier molecular flexibility index (Phi) is 5.97. The van der Waals surface area contributed by atoms with Crippen LogP contribution in [0.1, 0.15) is 12.8 Å². The predicted molar refractivity (Wildman–Crippen MR) is 230 cm³/mol. The van der Waals surface area contributed by atoms with Gasteiger partial charge in [-0.3, -0.25) is 0 Å². The highest BCUT2D eigenvalue weighted by atomic mass is 32.2. The van der Waals surface area contributed by atoms with E-state index in [0.717, 1.165) is 12.8 Å².